The van der Waals surface area contributed by atoms with Gasteiger partial charge in [-0.15, -0.1) is 0 Å². The minimum Gasteiger partial charge on any atom is -0.493 e. The maximum absolute atomic E-state index is 6.16. The molecule has 0 aliphatic carbocycles. The SMILES string of the molecule is CCCCCCOc1ccc(CNCCc2ccccc2)c(OCCCCCC)c1. The molecule has 0 aromatic heterocycles. The Kier molecular flexibility index (Phi) is 12.8. The van der Waals surface area contributed by atoms with Crippen molar-refractivity contribution in [2.75, 3.05) is 19.8 Å². The summed E-state index contributed by atoms with van der Waals surface area (Å²) in [5.41, 5.74) is 2.57. The number of unbranched alkanes of at least 4 members (excludes halogenated alkanes) is 6. The predicted octanol–water partition coefficient (Wildman–Crippen LogP) is 6.94. The van der Waals surface area contributed by atoms with E-state index in [0.717, 1.165) is 57.1 Å². The molecule has 0 amide bonds. The van der Waals surface area contributed by atoms with E-state index in [4.69, 9.17) is 9.47 Å². The second kappa shape index (κ2) is 15.8. The van der Waals surface area contributed by atoms with Crippen LogP contribution in [0.2, 0.25) is 0 Å². The van der Waals surface area contributed by atoms with E-state index >= 15 is 0 Å². The van der Waals surface area contributed by atoms with Crippen molar-refractivity contribution in [3.8, 4) is 11.5 Å². The van der Waals surface area contributed by atoms with Crippen LogP contribution in [0.1, 0.15) is 76.3 Å². The van der Waals surface area contributed by atoms with Crippen molar-refractivity contribution in [2.45, 2.75) is 78.2 Å². The first kappa shape index (κ1) is 24.3. The lowest BCUT2D eigenvalue weighted by atomic mass is 10.1. The molecule has 0 bridgehead atoms. The Bertz CT molecular complexity index is 672. The summed E-state index contributed by atoms with van der Waals surface area (Å²) in [6.07, 6.45) is 10.8. The molecule has 0 unspecified atom stereocenters. The number of rotatable bonds is 17. The number of nitrogens with one attached hydrogen (secondary N) is 1. The van der Waals surface area contributed by atoms with Crippen LogP contribution < -0.4 is 14.8 Å². The minimum atomic E-state index is 0.775. The van der Waals surface area contributed by atoms with Crippen LogP contribution >= 0.6 is 0 Å². The molecule has 3 heteroatoms. The zero-order chi connectivity index (χ0) is 21.3. The fraction of sp³-hybridized carbons (Fsp3) is 0.556. The van der Waals surface area contributed by atoms with Gasteiger partial charge in [0.15, 0.2) is 0 Å². The maximum Gasteiger partial charge on any atom is 0.127 e. The molecule has 2 aromatic carbocycles. The average molecular weight is 412 g/mol. The van der Waals surface area contributed by atoms with E-state index in [9.17, 15) is 0 Å². The largest absolute Gasteiger partial charge is 0.493 e. The fourth-order valence-corrected chi connectivity index (χ4v) is 3.44. The minimum absolute atomic E-state index is 0.775. The predicted molar refractivity (Wildman–Crippen MR) is 128 cm³/mol. The highest BCUT2D eigenvalue weighted by Gasteiger charge is 2.07. The maximum atomic E-state index is 6.16. The zero-order valence-corrected chi connectivity index (χ0v) is 19.1. The van der Waals surface area contributed by atoms with E-state index in [1.54, 1.807) is 0 Å². The van der Waals surface area contributed by atoms with Crippen molar-refractivity contribution in [2.24, 2.45) is 0 Å². The van der Waals surface area contributed by atoms with Gasteiger partial charge in [-0.2, -0.15) is 0 Å². The van der Waals surface area contributed by atoms with Crippen LogP contribution in [0.25, 0.3) is 0 Å². The quantitative estimate of drug-likeness (QED) is 0.286. The van der Waals surface area contributed by atoms with Crippen molar-refractivity contribution >= 4 is 0 Å². The first-order valence-electron chi connectivity index (χ1n) is 12.0. The van der Waals surface area contributed by atoms with Crippen molar-refractivity contribution in [3.05, 3.63) is 59.7 Å². The number of hydrogen-bond acceptors (Lipinski definition) is 3. The van der Waals surface area contributed by atoms with E-state index in [2.05, 4.69) is 67.7 Å². The first-order valence-corrected chi connectivity index (χ1v) is 12.0. The van der Waals surface area contributed by atoms with Gasteiger partial charge in [0.05, 0.1) is 13.2 Å². The number of benzene rings is 2. The Morgan fingerprint density at radius 3 is 2.13 bits per heavy atom. The molecular weight excluding hydrogens is 370 g/mol. The van der Waals surface area contributed by atoms with Crippen molar-refractivity contribution in [1.29, 1.82) is 0 Å². The summed E-state index contributed by atoms with van der Waals surface area (Å²) in [5, 5.41) is 3.57. The number of ether oxygens (including phenoxy) is 2. The molecular formula is C27H41NO2. The lowest BCUT2D eigenvalue weighted by molar-refractivity contribution is 0.288. The van der Waals surface area contributed by atoms with E-state index in [0.29, 0.717) is 0 Å². The molecule has 2 aromatic rings. The van der Waals surface area contributed by atoms with Gasteiger partial charge in [0, 0.05) is 18.2 Å². The molecule has 0 fully saturated rings. The van der Waals surface area contributed by atoms with Gasteiger partial charge in [0.1, 0.15) is 11.5 Å². The second-order valence-electron chi connectivity index (χ2n) is 8.00. The van der Waals surface area contributed by atoms with Gasteiger partial charge in [0.25, 0.3) is 0 Å². The highest BCUT2D eigenvalue weighted by Crippen LogP contribution is 2.26. The second-order valence-corrected chi connectivity index (χ2v) is 8.00. The molecule has 0 saturated heterocycles. The van der Waals surface area contributed by atoms with Gasteiger partial charge >= 0.3 is 0 Å². The molecule has 0 saturated carbocycles. The van der Waals surface area contributed by atoms with Crippen LogP contribution in [0, 0.1) is 0 Å². The molecule has 166 valence electrons. The van der Waals surface area contributed by atoms with Crippen LogP contribution in [0.15, 0.2) is 48.5 Å². The third-order valence-electron chi connectivity index (χ3n) is 5.31. The molecule has 0 atom stereocenters. The highest BCUT2D eigenvalue weighted by molar-refractivity contribution is 5.40. The van der Waals surface area contributed by atoms with Crippen molar-refractivity contribution in [1.82, 2.24) is 5.32 Å². The molecule has 0 heterocycles. The van der Waals surface area contributed by atoms with Gasteiger partial charge < -0.3 is 14.8 Å². The summed E-state index contributed by atoms with van der Waals surface area (Å²) < 4.78 is 12.1. The van der Waals surface area contributed by atoms with Gasteiger partial charge in [-0.3, -0.25) is 0 Å². The third-order valence-corrected chi connectivity index (χ3v) is 5.31. The summed E-state index contributed by atoms with van der Waals surface area (Å²) in [5.74, 6) is 1.88. The fourth-order valence-electron chi connectivity index (χ4n) is 3.44. The standard InChI is InChI=1S/C27H41NO2/c1-3-5-7-12-20-29-26-17-16-25(27(22-26)30-21-13-8-6-4-2)23-28-19-18-24-14-10-9-11-15-24/h9-11,14-17,22,28H,3-8,12-13,18-21,23H2,1-2H3. The Morgan fingerprint density at radius 1 is 0.733 bits per heavy atom. The summed E-state index contributed by atoms with van der Waals surface area (Å²) in [7, 11) is 0. The summed E-state index contributed by atoms with van der Waals surface area (Å²) in [4.78, 5) is 0. The molecule has 0 radical (unpaired) electrons. The zero-order valence-electron chi connectivity index (χ0n) is 19.1. The lowest BCUT2D eigenvalue weighted by Gasteiger charge is -2.15. The average Bonchev–Trinajstić information content (AvgIpc) is 2.78. The lowest BCUT2D eigenvalue weighted by Crippen LogP contribution is -2.17. The molecule has 0 aliphatic heterocycles. The van der Waals surface area contributed by atoms with Gasteiger partial charge in [-0.25, -0.2) is 0 Å². The van der Waals surface area contributed by atoms with Crippen LogP contribution in [0.5, 0.6) is 11.5 Å². The molecule has 30 heavy (non-hydrogen) atoms. The first-order chi connectivity index (χ1) is 14.8. The van der Waals surface area contributed by atoms with Gasteiger partial charge in [0.2, 0.25) is 0 Å². The van der Waals surface area contributed by atoms with Crippen LogP contribution in [-0.2, 0) is 13.0 Å². The Labute approximate surface area is 184 Å². The van der Waals surface area contributed by atoms with Gasteiger partial charge in [-0.1, -0.05) is 88.8 Å². The van der Waals surface area contributed by atoms with Crippen LogP contribution in [0.4, 0.5) is 0 Å². The molecule has 3 nitrogen and oxygen atoms in total. The van der Waals surface area contributed by atoms with Crippen molar-refractivity contribution < 1.29 is 9.47 Å². The third kappa shape index (κ3) is 10.2. The topological polar surface area (TPSA) is 30.5 Å². The smallest absolute Gasteiger partial charge is 0.127 e. The number of hydrogen-bond donors (Lipinski definition) is 1. The Hall–Kier alpha value is -2.00. The highest BCUT2D eigenvalue weighted by atomic mass is 16.5. The summed E-state index contributed by atoms with van der Waals surface area (Å²) >= 11 is 0. The summed E-state index contributed by atoms with van der Waals surface area (Å²) in [6.45, 7) is 7.80. The molecule has 1 N–H and O–H groups in total. The Morgan fingerprint density at radius 2 is 1.43 bits per heavy atom. The van der Waals surface area contributed by atoms with Crippen LogP contribution in [0.3, 0.4) is 0 Å². The van der Waals surface area contributed by atoms with E-state index in [1.807, 2.05) is 0 Å². The van der Waals surface area contributed by atoms with Crippen LogP contribution in [-0.4, -0.2) is 19.8 Å². The summed E-state index contributed by atoms with van der Waals surface area (Å²) in [6, 6.07) is 16.9. The normalized spacial score (nSPS) is 10.9. The molecule has 0 spiro atoms. The Balaban J connectivity index is 1.85. The van der Waals surface area contributed by atoms with E-state index in [-0.39, 0.29) is 0 Å². The van der Waals surface area contributed by atoms with Crippen molar-refractivity contribution in [3.63, 3.8) is 0 Å². The molecule has 0 aliphatic rings. The molecule has 2 rings (SSSR count). The van der Waals surface area contributed by atoms with E-state index in [1.165, 1.54) is 49.7 Å². The monoisotopic (exact) mass is 411 g/mol. The van der Waals surface area contributed by atoms with Gasteiger partial charge in [-0.05, 0) is 37.4 Å². The van der Waals surface area contributed by atoms with E-state index < -0.39 is 0 Å².